The third-order valence-corrected chi connectivity index (χ3v) is 5.62. The molecule has 0 radical (unpaired) electrons. The topological polar surface area (TPSA) is 86.2 Å². The molecule has 7 nitrogen and oxygen atoms in total. The van der Waals surface area contributed by atoms with Crippen LogP contribution in [0.3, 0.4) is 0 Å². The van der Waals surface area contributed by atoms with Crippen LogP contribution in [0.5, 0.6) is 0 Å². The zero-order chi connectivity index (χ0) is 20.2. The lowest BCUT2D eigenvalue weighted by atomic mass is 9.76. The molecule has 1 aromatic carbocycles. The van der Waals surface area contributed by atoms with Crippen LogP contribution < -0.4 is 5.32 Å². The van der Waals surface area contributed by atoms with E-state index in [9.17, 15) is 18.7 Å². The van der Waals surface area contributed by atoms with Crippen LogP contribution in [0, 0.1) is 0 Å². The van der Waals surface area contributed by atoms with E-state index in [4.69, 9.17) is 0 Å². The quantitative estimate of drug-likeness (QED) is 0.627. The maximum absolute atomic E-state index is 13.0. The van der Waals surface area contributed by atoms with Crippen molar-refractivity contribution in [3.63, 3.8) is 0 Å². The summed E-state index contributed by atoms with van der Waals surface area (Å²) in [5, 5.41) is 18.4. The summed E-state index contributed by atoms with van der Waals surface area (Å²) < 4.78 is 27.9. The van der Waals surface area contributed by atoms with Crippen LogP contribution in [-0.2, 0) is 13.1 Å². The van der Waals surface area contributed by atoms with Gasteiger partial charge in [-0.15, -0.1) is 0 Å². The van der Waals surface area contributed by atoms with Crippen LogP contribution in [-0.4, -0.2) is 55.3 Å². The Labute approximate surface area is 165 Å². The average Bonchev–Trinajstić information content (AvgIpc) is 3.27. The minimum absolute atomic E-state index is 0.0246. The van der Waals surface area contributed by atoms with Gasteiger partial charge in [-0.25, -0.2) is 8.78 Å². The molecular formula is C20H21F2N5O2. The Balaban J connectivity index is 1.25. The molecule has 1 amide bonds. The van der Waals surface area contributed by atoms with Crippen molar-refractivity contribution >= 4 is 22.6 Å². The number of hydrogen-bond donors (Lipinski definition) is 3. The van der Waals surface area contributed by atoms with E-state index >= 15 is 0 Å². The van der Waals surface area contributed by atoms with Crippen molar-refractivity contribution in [2.75, 3.05) is 18.4 Å². The number of H-pyrrole nitrogens is 1. The molecule has 9 heteroatoms. The van der Waals surface area contributed by atoms with Gasteiger partial charge in [0.25, 0.3) is 11.8 Å². The summed E-state index contributed by atoms with van der Waals surface area (Å²) in [5.74, 6) is -2.34. The molecule has 1 aliphatic carbocycles. The number of nitrogens with zero attached hydrogens (tertiary/aromatic N) is 3. The molecule has 2 aliphatic rings. The van der Waals surface area contributed by atoms with Crippen LogP contribution in [0.25, 0.3) is 10.9 Å². The Morgan fingerprint density at radius 1 is 1.24 bits per heavy atom. The zero-order valence-electron chi connectivity index (χ0n) is 15.7. The summed E-state index contributed by atoms with van der Waals surface area (Å²) in [7, 11) is 0. The Morgan fingerprint density at radius 2 is 2.03 bits per heavy atom. The fourth-order valence-electron chi connectivity index (χ4n) is 4.18. The molecule has 0 atom stereocenters. The number of anilines is 1. The molecule has 29 heavy (non-hydrogen) atoms. The van der Waals surface area contributed by atoms with Crippen LogP contribution in [0.4, 0.5) is 14.6 Å². The largest absolute Gasteiger partial charge is 0.388 e. The second-order valence-corrected chi connectivity index (χ2v) is 8.03. The molecule has 3 N–H and O–H groups in total. The van der Waals surface area contributed by atoms with Crippen LogP contribution in [0.2, 0.25) is 0 Å². The number of rotatable bonds is 4. The molecule has 5 rings (SSSR count). The number of benzene rings is 1. The highest BCUT2D eigenvalue weighted by atomic mass is 19.3. The van der Waals surface area contributed by atoms with Crippen molar-refractivity contribution in [3.05, 3.63) is 47.8 Å². The van der Waals surface area contributed by atoms with Gasteiger partial charge in [0.1, 0.15) is 11.5 Å². The second kappa shape index (κ2) is 6.28. The molecule has 152 valence electrons. The second-order valence-electron chi connectivity index (χ2n) is 8.03. The first-order valence-electron chi connectivity index (χ1n) is 9.58. The molecule has 1 aliphatic heterocycles. The number of aliphatic hydroxyl groups is 1. The van der Waals surface area contributed by atoms with E-state index in [-0.39, 0.29) is 12.5 Å². The van der Waals surface area contributed by atoms with Gasteiger partial charge >= 0.3 is 0 Å². The summed E-state index contributed by atoms with van der Waals surface area (Å²) in [6.07, 6.45) is -1.07. The standard InChI is InChI=1S/C20H21F2N5O2/c21-20(22)10-19(29,11-20)12-23-17-8-14-9-26(5-6-27(14)25-17)18(28)16-7-13-3-1-2-4-15(13)24-16/h1-4,7-8,24,29H,5-6,9-12H2,(H,23,25). The summed E-state index contributed by atoms with van der Waals surface area (Å²) in [4.78, 5) is 17.8. The highest BCUT2D eigenvalue weighted by Crippen LogP contribution is 2.45. The third-order valence-electron chi connectivity index (χ3n) is 5.62. The predicted molar refractivity (Wildman–Crippen MR) is 103 cm³/mol. The van der Waals surface area contributed by atoms with Gasteiger partial charge in [0.15, 0.2) is 0 Å². The number of halogens is 2. The Morgan fingerprint density at radius 3 is 2.79 bits per heavy atom. The van der Waals surface area contributed by atoms with Crippen molar-refractivity contribution in [2.45, 2.75) is 37.5 Å². The van der Waals surface area contributed by atoms with E-state index in [0.717, 1.165) is 16.6 Å². The van der Waals surface area contributed by atoms with Gasteiger partial charge < -0.3 is 20.3 Å². The number of hydrogen-bond acceptors (Lipinski definition) is 4. The van der Waals surface area contributed by atoms with Crippen molar-refractivity contribution in [1.29, 1.82) is 0 Å². The fourth-order valence-corrected chi connectivity index (χ4v) is 4.18. The molecule has 1 saturated carbocycles. The number of carbonyl (C=O) groups excluding carboxylic acids is 1. The smallest absolute Gasteiger partial charge is 0.270 e. The fraction of sp³-hybridized carbons (Fsp3) is 0.400. The van der Waals surface area contributed by atoms with Gasteiger partial charge in [0.2, 0.25) is 0 Å². The minimum atomic E-state index is -2.78. The number of aromatic nitrogens is 3. The highest BCUT2D eigenvalue weighted by molar-refractivity contribution is 5.98. The van der Waals surface area contributed by atoms with E-state index < -0.39 is 24.4 Å². The number of alkyl halides is 2. The molecule has 0 bridgehead atoms. The SMILES string of the molecule is O=C(c1cc2ccccc2[nH]1)N1CCn2nc(NCC3(O)CC(F)(F)C3)cc2C1. The number of aromatic amines is 1. The van der Waals surface area contributed by atoms with Crippen LogP contribution in [0.15, 0.2) is 36.4 Å². The first kappa shape index (κ1) is 18.1. The average molecular weight is 401 g/mol. The lowest BCUT2D eigenvalue weighted by Crippen LogP contribution is -2.55. The first-order valence-corrected chi connectivity index (χ1v) is 9.58. The molecule has 0 unspecified atom stereocenters. The van der Waals surface area contributed by atoms with Crippen molar-refractivity contribution in [1.82, 2.24) is 19.7 Å². The predicted octanol–water partition coefficient (Wildman–Crippen LogP) is 2.59. The van der Waals surface area contributed by atoms with Crippen LogP contribution in [0.1, 0.15) is 29.0 Å². The van der Waals surface area contributed by atoms with E-state index in [0.29, 0.717) is 31.1 Å². The molecule has 0 spiro atoms. The van der Waals surface area contributed by atoms with E-state index in [1.165, 1.54) is 0 Å². The maximum Gasteiger partial charge on any atom is 0.270 e. The monoisotopic (exact) mass is 401 g/mol. The molecule has 0 saturated heterocycles. The lowest BCUT2D eigenvalue weighted by Gasteiger charge is -2.43. The normalized spacial score (nSPS) is 19.6. The lowest BCUT2D eigenvalue weighted by molar-refractivity contribution is -0.197. The number of amides is 1. The number of fused-ring (bicyclic) bond motifs is 2. The molecule has 1 fully saturated rings. The van der Waals surface area contributed by atoms with E-state index in [1.807, 2.05) is 30.3 Å². The van der Waals surface area contributed by atoms with E-state index in [1.54, 1.807) is 15.6 Å². The van der Waals surface area contributed by atoms with Crippen molar-refractivity contribution < 1.29 is 18.7 Å². The van der Waals surface area contributed by atoms with Crippen molar-refractivity contribution in [3.8, 4) is 0 Å². The molecular weight excluding hydrogens is 380 g/mol. The summed E-state index contributed by atoms with van der Waals surface area (Å²) >= 11 is 0. The van der Waals surface area contributed by atoms with Gasteiger partial charge in [-0.3, -0.25) is 9.48 Å². The van der Waals surface area contributed by atoms with E-state index in [2.05, 4.69) is 15.4 Å². The maximum atomic E-state index is 13.0. The number of nitrogens with one attached hydrogen (secondary N) is 2. The third kappa shape index (κ3) is 3.35. The highest BCUT2D eigenvalue weighted by Gasteiger charge is 2.55. The van der Waals surface area contributed by atoms with Gasteiger partial charge in [0, 0.05) is 42.9 Å². The first-order chi connectivity index (χ1) is 13.8. The molecule has 3 aromatic rings. The summed E-state index contributed by atoms with van der Waals surface area (Å²) in [6.45, 7) is 1.51. The number of carbonyl (C=O) groups is 1. The van der Waals surface area contributed by atoms with Gasteiger partial charge in [-0.05, 0) is 12.1 Å². The van der Waals surface area contributed by atoms with Crippen LogP contribution >= 0.6 is 0 Å². The Hall–Kier alpha value is -2.94. The van der Waals surface area contributed by atoms with Gasteiger partial charge in [-0.1, -0.05) is 18.2 Å². The molecule has 3 heterocycles. The van der Waals surface area contributed by atoms with Gasteiger partial charge in [0.05, 0.1) is 24.4 Å². The van der Waals surface area contributed by atoms with Gasteiger partial charge in [-0.2, -0.15) is 5.10 Å². The van der Waals surface area contributed by atoms with Crippen molar-refractivity contribution in [2.24, 2.45) is 0 Å². The minimum Gasteiger partial charge on any atom is -0.388 e. The summed E-state index contributed by atoms with van der Waals surface area (Å²) in [5.41, 5.74) is 0.925. The summed E-state index contributed by atoms with van der Waals surface area (Å²) in [6, 6.07) is 11.4. The Bertz CT molecular complexity index is 1050. The molecule has 2 aromatic heterocycles. The zero-order valence-corrected chi connectivity index (χ0v) is 15.7. The number of para-hydroxylation sites is 1. The Kier molecular flexibility index (Phi) is 3.92.